The highest BCUT2D eigenvalue weighted by Crippen LogP contribution is 2.40. The van der Waals surface area contributed by atoms with Crippen LogP contribution in [0.25, 0.3) is 0 Å². The molecule has 1 fully saturated rings. The number of H-pyrrole nitrogens is 1. The van der Waals surface area contributed by atoms with Crippen LogP contribution < -0.4 is 20.9 Å². The van der Waals surface area contributed by atoms with Gasteiger partial charge in [0.05, 0.1) is 12.7 Å². The SMILES string of the molecule is CC(C)OC(=O)[C@H](C)NP(C)(=O)Oc1ccccc1.C[C@@]1(F)[C@H](O)[C@@H](CO)O[C@H]1n1ccc(=O)[nH]c1=O. The summed E-state index contributed by atoms with van der Waals surface area (Å²) in [6, 6.07) is 9.16. The fourth-order valence-corrected chi connectivity index (χ4v) is 4.81. The number of carbonyl (C=O) groups is 1. The van der Waals surface area contributed by atoms with Gasteiger partial charge in [0.15, 0.2) is 11.9 Å². The number of ether oxygens (including phenoxy) is 2. The number of aliphatic hydroxyl groups excluding tert-OH is 2. The standard InChI is InChI=1S/C13H20NO4P.C10H13FN2O5/c1-10(2)17-13(15)11(3)14-19(4,16)18-12-8-6-5-7-9-12;1-10(11)7(16)5(4-14)18-8(10)13-3-2-6(15)12-9(13)17/h5-11H,1-4H3,(H,14,16);2-3,5,7-8,14,16H,4H2,1H3,(H,12,15,17)/t11-,19?;5-,7-,8-,10-/m01/s1. The van der Waals surface area contributed by atoms with Crippen molar-refractivity contribution in [3.05, 3.63) is 63.4 Å². The highest BCUT2D eigenvalue weighted by molar-refractivity contribution is 7.56. The predicted octanol–water partition coefficient (Wildman–Crippen LogP) is 1.33. The normalized spacial score (nSPS) is 25.5. The molecule has 206 valence electrons. The molecule has 0 radical (unpaired) electrons. The fraction of sp³-hybridized carbons (Fsp3) is 0.522. The predicted molar refractivity (Wildman–Crippen MR) is 132 cm³/mol. The van der Waals surface area contributed by atoms with E-state index in [9.17, 15) is 28.4 Å². The van der Waals surface area contributed by atoms with Crippen LogP contribution in [-0.4, -0.2) is 69.0 Å². The number of nitrogens with zero attached hydrogens (tertiary/aromatic N) is 1. The van der Waals surface area contributed by atoms with E-state index in [0.717, 1.165) is 23.8 Å². The molecule has 0 aliphatic carbocycles. The van der Waals surface area contributed by atoms with Crippen molar-refractivity contribution in [1.82, 2.24) is 14.6 Å². The zero-order valence-electron chi connectivity index (χ0n) is 21.2. The molecule has 0 saturated carbocycles. The molecule has 1 aliphatic rings. The summed E-state index contributed by atoms with van der Waals surface area (Å²) in [5.41, 5.74) is -3.72. The summed E-state index contributed by atoms with van der Waals surface area (Å²) in [7, 11) is -3.12. The van der Waals surface area contributed by atoms with Crippen molar-refractivity contribution in [3.8, 4) is 5.75 Å². The van der Waals surface area contributed by atoms with Crippen LogP contribution in [0, 0.1) is 0 Å². The van der Waals surface area contributed by atoms with Gasteiger partial charge in [-0.1, -0.05) is 18.2 Å². The molecular formula is C23H33FN3O9P. The number of aromatic nitrogens is 2. The molecule has 2 aromatic rings. The minimum absolute atomic E-state index is 0.206. The maximum absolute atomic E-state index is 14.3. The Bertz CT molecular complexity index is 1200. The molecule has 1 unspecified atom stereocenters. The number of carbonyl (C=O) groups excluding carboxylic acids is 1. The van der Waals surface area contributed by atoms with Crippen LogP contribution >= 0.6 is 7.52 Å². The molecule has 4 N–H and O–H groups in total. The smallest absolute Gasteiger partial charge is 0.330 e. The number of rotatable bonds is 8. The highest BCUT2D eigenvalue weighted by atomic mass is 31.2. The number of benzene rings is 1. The summed E-state index contributed by atoms with van der Waals surface area (Å²) >= 11 is 0. The summed E-state index contributed by atoms with van der Waals surface area (Å²) in [4.78, 5) is 36.0. The lowest BCUT2D eigenvalue weighted by molar-refractivity contribution is -0.149. The molecule has 1 aromatic heterocycles. The molecular weight excluding hydrogens is 512 g/mol. The van der Waals surface area contributed by atoms with Gasteiger partial charge in [0.25, 0.3) is 5.56 Å². The Morgan fingerprint density at radius 3 is 2.41 bits per heavy atom. The summed E-state index contributed by atoms with van der Waals surface area (Å²) in [6.07, 6.45) is -3.22. The number of hydrogen-bond acceptors (Lipinski definition) is 9. The van der Waals surface area contributed by atoms with Crippen LogP contribution in [0.4, 0.5) is 4.39 Å². The third-order valence-electron chi connectivity index (χ3n) is 5.16. The first-order chi connectivity index (χ1) is 17.2. The Morgan fingerprint density at radius 1 is 1.27 bits per heavy atom. The van der Waals surface area contributed by atoms with E-state index in [0.29, 0.717) is 5.75 Å². The van der Waals surface area contributed by atoms with Crippen molar-refractivity contribution in [2.75, 3.05) is 13.3 Å². The Labute approximate surface area is 212 Å². The van der Waals surface area contributed by atoms with Gasteiger partial charge in [0.2, 0.25) is 0 Å². The van der Waals surface area contributed by atoms with Crippen LogP contribution in [0.3, 0.4) is 0 Å². The summed E-state index contributed by atoms with van der Waals surface area (Å²) < 4.78 is 42.9. The van der Waals surface area contributed by atoms with Gasteiger partial charge in [0.1, 0.15) is 24.0 Å². The van der Waals surface area contributed by atoms with E-state index >= 15 is 0 Å². The van der Waals surface area contributed by atoms with Gasteiger partial charge in [-0.25, -0.2) is 14.3 Å². The van der Waals surface area contributed by atoms with Crippen molar-refractivity contribution in [3.63, 3.8) is 0 Å². The number of aliphatic hydroxyl groups is 2. The zero-order valence-corrected chi connectivity index (χ0v) is 22.1. The number of halogens is 1. The van der Waals surface area contributed by atoms with Gasteiger partial charge in [-0.2, -0.15) is 0 Å². The van der Waals surface area contributed by atoms with Crippen molar-refractivity contribution in [1.29, 1.82) is 0 Å². The van der Waals surface area contributed by atoms with Crippen molar-refractivity contribution in [2.45, 2.75) is 63.9 Å². The molecule has 12 nitrogen and oxygen atoms in total. The van der Waals surface area contributed by atoms with Gasteiger partial charge in [-0.3, -0.25) is 23.7 Å². The first-order valence-electron chi connectivity index (χ1n) is 11.4. The third-order valence-corrected chi connectivity index (χ3v) is 6.57. The van der Waals surface area contributed by atoms with Crippen LogP contribution in [-0.2, 0) is 18.8 Å². The Balaban J connectivity index is 0.000000260. The quantitative estimate of drug-likeness (QED) is 0.280. The first-order valence-corrected chi connectivity index (χ1v) is 13.5. The van der Waals surface area contributed by atoms with Gasteiger partial charge >= 0.3 is 19.2 Å². The van der Waals surface area contributed by atoms with Gasteiger partial charge in [-0.15, -0.1) is 0 Å². The monoisotopic (exact) mass is 545 g/mol. The Hall–Kier alpha value is -2.83. The lowest BCUT2D eigenvalue weighted by Crippen LogP contribution is -2.43. The van der Waals surface area contributed by atoms with Crippen LogP contribution in [0.1, 0.15) is 33.9 Å². The number of nitrogens with one attached hydrogen (secondary N) is 2. The number of aromatic amines is 1. The van der Waals surface area contributed by atoms with Gasteiger partial charge in [-0.05, 0) is 39.8 Å². The largest absolute Gasteiger partial charge is 0.462 e. The van der Waals surface area contributed by atoms with E-state index in [4.69, 9.17) is 19.1 Å². The fourth-order valence-electron chi connectivity index (χ4n) is 3.42. The lowest BCUT2D eigenvalue weighted by Gasteiger charge is -2.24. The molecule has 0 bridgehead atoms. The average Bonchev–Trinajstić information content (AvgIpc) is 3.02. The van der Waals surface area contributed by atoms with Crippen molar-refractivity contribution < 1.29 is 38.0 Å². The minimum Gasteiger partial charge on any atom is -0.462 e. The van der Waals surface area contributed by atoms with Crippen LogP contribution in [0.5, 0.6) is 5.75 Å². The van der Waals surface area contributed by atoms with Crippen LogP contribution in [0.15, 0.2) is 52.2 Å². The zero-order chi connectivity index (χ0) is 28.0. The number of para-hydroxylation sites is 1. The molecule has 37 heavy (non-hydrogen) atoms. The van der Waals surface area contributed by atoms with Gasteiger partial charge in [0, 0.05) is 18.9 Å². The van der Waals surface area contributed by atoms with Crippen LogP contribution in [0.2, 0.25) is 0 Å². The number of esters is 1. The van der Waals surface area contributed by atoms with E-state index in [1.54, 1.807) is 45.0 Å². The summed E-state index contributed by atoms with van der Waals surface area (Å²) in [5.74, 6) is 0.0407. The topological polar surface area (TPSA) is 169 Å². The molecule has 2 heterocycles. The molecule has 14 heteroatoms. The second-order valence-electron chi connectivity index (χ2n) is 8.91. The van der Waals surface area contributed by atoms with E-state index in [-0.39, 0.29) is 6.10 Å². The Kier molecular flexibility index (Phi) is 10.4. The maximum Gasteiger partial charge on any atom is 0.330 e. The van der Waals surface area contributed by atoms with E-state index in [1.165, 1.54) is 6.66 Å². The number of alkyl halides is 1. The molecule has 0 spiro atoms. The molecule has 0 amide bonds. The lowest BCUT2D eigenvalue weighted by atomic mass is 9.98. The van der Waals surface area contributed by atoms with E-state index in [1.807, 2.05) is 11.1 Å². The molecule has 1 aliphatic heterocycles. The first kappa shape index (κ1) is 30.4. The third kappa shape index (κ3) is 8.34. The van der Waals surface area contributed by atoms with Gasteiger partial charge < -0.3 is 24.2 Å². The molecule has 1 saturated heterocycles. The average molecular weight is 546 g/mol. The second kappa shape index (κ2) is 12.6. The second-order valence-corrected chi connectivity index (χ2v) is 11.0. The minimum atomic E-state index is -3.12. The summed E-state index contributed by atoms with van der Waals surface area (Å²) in [6.45, 7) is 7.03. The van der Waals surface area contributed by atoms with E-state index < -0.39 is 61.5 Å². The van der Waals surface area contributed by atoms with Crippen molar-refractivity contribution >= 4 is 13.5 Å². The number of hydrogen-bond donors (Lipinski definition) is 4. The summed E-state index contributed by atoms with van der Waals surface area (Å²) in [5, 5.41) is 21.3. The molecule has 6 atom stereocenters. The highest BCUT2D eigenvalue weighted by Gasteiger charge is 2.55. The molecule has 1 aromatic carbocycles. The Morgan fingerprint density at radius 2 is 1.89 bits per heavy atom. The van der Waals surface area contributed by atoms with E-state index in [2.05, 4.69) is 5.09 Å². The maximum atomic E-state index is 14.3. The molecule has 3 rings (SSSR count). The van der Waals surface area contributed by atoms with Crippen molar-refractivity contribution in [2.24, 2.45) is 0 Å².